The number of hydrogen-bond donors (Lipinski definition) is 1. The Bertz CT molecular complexity index is 246. The number of unbranched alkanes of at least 4 members (excludes halogenated alkanes) is 1. The lowest BCUT2D eigenvalue weighted by molar-refractivity contribution is -0.130. The maximum atomic E-state index is 11.7. The van der Waals surface area contributed by atoms with E-state index in [0.29, 0.717) is 0 Å². The Morgan fingerprint density at radius 1 is 1.17 bits per heavy atom. The normalized spacial score (nSPS) is 25.2. The van der Waals surface area contributed by atoms with Crippen LogP contribution in [-0.2, 0) is 9.53 Å². The highest BCUT2D eigenvalue weighted by atomic mass is 16.5. The molecule has 2 saturated heterocycles. The number of carbonyl (C=O) groups is 1. The van der Waals surface area contributed by atoms with Gasteiger partial charge >= 0.3 is 0 Å². The molecule has 0 spiro atoms. The molecule has 2 aliphatic heterocycles. The van der Waals surface area contributed by atoms with Crippen molar-refractivity contribution in [3.05, 3.63) is 0 Å². The second-order valence-corrected chi connectivity index (χ2v) is 5.40. The third-order valence-electron chi connectivity index (χ3n) is 3.87. The van der Waals surface area contributed by atoms with E-state index in [0.717, 1.165) is 32.4 Å². The van der Waals surface area contributed by atoms with Crippen LogP contribution in [0.25, 0.3) is 0 Å². The van der Waals surface area contributed by atoms with Gasteiger partial charge in [0.2, 0.25) is 5.91 Å². The van der Waals surface area contributed by atoms with Crippen LogP contribution in [0.1, 0.15) is 44.9 Å². The summed E-state index contributed by atoms with van der Waals surface area (Å²) in [4.78, 5) is 14.2. The molecule has 1 amide bonds. The summed E-state index contributed by atoms with van der Waals surface area (Å²) in [5.41, 5.74) is 0. The van der Waals surface area contributed by atoms with Gasteiger partial charge in [0, 0.05) is 13.2 Å². The van der Waals surface area contributed by atoms with Crippen molar-refractivity contribution in [2.45, 2.75) is 51.0 Å². The molecule has 18 heavy (non-hydrogen) atoms. The van der Waals surface area contributed by atoms with Crippen LogP contribution in [0.3, 0.4) is 0 Å². The summed E-state index contributed by atoms with van der Waals surface area (Å²) in [6.45, 7) is 5.26. The first-order valence-electron chi connectivity index (χ1n) is 7.48. The maximum Gasteiger partial charge on any atom is 0.249 e. The molecule has 0 bridgehead atoms. The number of piperidine rings is 1. The fourth-order valence-electron chi connectivity index (χ4n) is 2.75. The largest absolute Gasteiger partial charge is 0.368 e. The number of carbonyl (C=O) groups excluding carboxylic acids is 1. The van der Waals surface area contributed by atoms with Gasteiger partial charge in [-0.25, -0.2) is 0 Å². The van der Waals surface area contributed by atoms with Crippen molar-refractivity contribution >= 4 is 5.91 Å². The number of ether oxygens (including phenoxy) is 1. The summed E-state index contributed by atoms with van der Waals surface area (Å²) in [5.74, 6) is 0.0884. The van der Waals surface area contributed by atoms with Crippen LogP contribution in [0.2, 0.25) is 0 Å². The minimum atomic E-state index is -0.174. The summed E-state index contributed by atoms with van der Waals surface area (Å²) in [6.07, 6.45) is 8.11. The predicted octanol–water partition coefficient (Wildman–Crippen LogP) is 1.55. The van der Waals surface area contributed by atoms with Crippen molar-refractivity contribution in [1.29, 1.82) is 0 Å². The molecule has 0 aromatic carbocycles. The molecule has 2 heterocycles. The van der Waals surface area contributed by atoms with Gasteiger partial charge in [-0.1, -0.05) is 6.42 Å². The van der Waals surface area contributed by atoms with Gasteiger partial charge in [0.05, 0.1) is 0 Å². The van der Waals surface area contributed by atoms with Crippen LogP contribution < -0.4 is 5.32 Å². The fourth-order valence-corrected chi connectivity index (χ4v) is 2.75. The number of hydrogen-bond acceptors (Lipinski definition) is 3. The Morgan fingerprint density at radius 3 is 2.72 bits per heavy atom. The molecular weight excluding hydrogens is 228 g/mol. The standard InChI is InChI=1S/C14H26N2O2/c17-14(13-7-6-12-18-13)15-8-2-5-11-16-9-3-1-4-10-16/h13H,1-12H2,(H,15,17). The number of nitrogens with zero attached hydrogens (tertiary/aromatic N) is 1. The van der Waals surface area contributed by atoms with Crippen LogP contribution in [0.5, 0.6) is 0 Å². The second kappa shape index (κ2) is 7.74. The molecule has 2 fully saturated rings. The Balaban J connectivity index is 1.46. The molecule has 0 aromatic rings. The quantitative estimate of drug-likeness (QED) is 0.731. The van der Waals surface area contributed by atoms with Gasteiger partial charge in [-0.3, -0.25) is 4.79 Å². The molecule has 2 rings (SSSR count). The van der Waals surface area contributed by atoms with Crippen LogP contribution >= 0.6 is 0 Å². The lowest BCUT2D eigenvalue weighted by atomic mass is 10.1. The van der Waals surface area contributed by atoms with E-state index in [1.165, 1.54) is 45.3 Å². The Kier molecular flexibility index (Phi) is 5.94. The number of rotatable bonds is 6. The zero-order chi connectivity index (χ0) is 12.6. The molecule has 0 aromatic heterocycles. The maximum absolute atomic E-state index is 11.7. The van der Waals surface area contributed by atoms with E-state index in [2.05, 4.69) is 10.2 Å². The third kappa shape index (κ3) is 4.58. The minimum absolute atomic E-state index is 0.0884. The van der Waals surface area contributed by atoms with Crippen molar-refractivity contribution in [3.8, 4) is 0 Å². The van der Waals surface area contributed by atoms with E-state index in [9.17, 15) is 4.79 Å². The highest BCUT2D eigenvalue weighted by Crippen LogP contribution is 2.12. The molecule has 4 heteroatoms. The van der Waals surface area contributed by atoms with Gasteiger partial charge in [-0.15, -0.1) is 0 Å². The number of nitrogens with one attached hydrogen (secondary N) is 1. The summed E-state index contributed by atoms with van der Waals surface area (Å²) in [6, 6.07) is 0. The lowest BCUT2D eigenvalue weighted by Crippen LogP contribution is -2.35. The fraction of sp³-hybridized carbons (Fsp3) is 0.929. The first-order valence-corrected chi connectivity index (χ1v) is 7.48. The van der Waals surface area contributed by atoms with E-state index in [1.807, 2.05) is 0 Å². The van der Waals surface area contributed by atoms with Gasteiger partial charge in [0.15, 0.2) is 0 Å². The monoisotopic (exact) mass is 254 g/mol. The summed E-state index contributed by atoms with van der Waals surface area (Å²) in [5, 5.41) is 2.98. The van der Waals surface area contributed by atoms with Gasteiger partial charge in [0.25, 0.3) is 0 Å². The van der Waals surface area contributed by atoms with E-state index in [1.54, 1.807) is 0 Å². The van der Waals surface area contributed by atoms with Crippen LogP contribution in [0.15, 0.2) is 0 Å². The zero-order valence-electron chi connectivity index (χ0n) is 11.3. The molecule has 0 aliphatic carbocycles. The number of likely N-dealkylation sites (tertiary alicyclic amines) is 1. The van der Waals surface area contributed by atoms with Crippen molar-refractivity contribution in [3.63, 3.8) is 0 Å². The lowest BCUT2D eigenvalue weighted by Gasteiger charge is -2.26. The molecular formula is C14H26N2O2. The topological polar surface area (TPSA) is 41.6 Å². The molecule has 1 unspecified atom stereocenters. The first kappa shape index (κ1) is 13.8. The first-order chi connectivity index (χ1) is 8.86. The minimum Gasteiger partial charge on any atom is -0.368 e. The molecule has 1 N–H and O–H groups in total. The smallest absolute Gasteiger partial charge is 0.249 e. The van der Waals surface area contributed by atoms with Crippen molar-refractivity contribution < 1.29 is 9.53 Å². The van der Waals surface area contributed by atoms with Crippen LogP contribution in [0.4, 0.5) is 0 Å². The molecule has 4 nitrogen and oxygen atoms in total. The summed E-state index contributed by atoms with van der Waals surface area (Å²) in [7, 11) is 0. The van der Waals surface area contributed by atoms with Crippen LogP contribution in [0, 0.1) is 0 Å². The zero-order valence-corrected chi connectivity index (χ0v) is 11.3. The van der Waals surface area contributed by atoms with E-state index in [-0.39, 0.29) is 12.0 Å². The van der Waals surface area contributed by atoms with Gasteiger partial charge in [0.1, 0.15) is 6.10 Å². The van der Waals surface area contributed by atoms with Crippen molar-refractivity contribution in [2.24, 2.45) is 0 Å². The van der Waals surface area contributed by atoms with Gasteiger partial charge in [-0.2, -0.15) is 0 Å². The molecule has 104 valence electrons. The average molecular weight is 254 g/mol. The predicted molar refractivity (Wildman–Crippen MR) is 71.5 cm³/mol. The molecule has 0 radical (unpaired) electrons. The summed E-state index contributed by atoms with van der Waals surface area (Å²) >= 11 is 0. The molecule has 1 atom stereocenters. The van der Waals surface area contributed by atoms with E-state index >= 15 is 0 Å². The van der Waals surface area contributed by atoms with Crippen molar-refractivity contribution in [1.82, 2.24) is 10.2 Å². The van der Waals surface area contributed by atoms with Crippen molar-refractivity contribution in [2.75, 3.05) is 32.8 Å². The Morgan fingerprint density at radius 2 is 2.00 bits per heavy atom. The number of amides is 1. The Labute approximate surface area is 110 Å². The second-order valence-electron chi connectivity index (χ2n) is 5.40. The average Bonchev–Trinajstić information content (AvgIpc) is 2.93. The SMILES string of the molecule is O=C(NCCCCN1CCCCC1)C1CCCO1. The highest BCUT2D eigenvalue weighted by molar-refractivity contribution is 5.80. The molecule has 2 aliphatic rings. The van der Waals surface area contributed by atoms with Crippen LogP contribution in [-0.4, -0.2) is 49.7 Å². The summed E-state index contributed by atoms with van der Waals surface area (Å²) < 4.78 is 5.35. The van der Waals surface area contributed by atoms with Gasteiger partial charge < -0.3 is 15.0 Å². The van der Waals surface area contributed by atoms with Gasteiger partial charge in [-0.05, 0) is 58.2 Å². The Hall–Kier alpha value is -0.610. The molecule has 0 saturated carbocycles. The highest BCUT2D eigenvalue weighted by Gasteiger charge is 2.22. The van der Waals surface area contributed by atoms with E-state index < -0.39 is 0 Å². The van der Waals surface area contributed by atoms with E-state index in [4.69, 9.17) is 4.74 Å². The third-order valence-corrected chi connectivity index (χ3v) is 3.87.